The van der Waals surface area contributed by atoms with Crippen LogP contribution in [-0.2, 0) is 17.9 Å². The number of ether oxygens (including phenoxy) is 2. The number of hydrogen-bond acceptors (Lipinski definition) is 6. The Morgan fingerprint density at radius 3 is 2.70 bits per heavy atom. The molecule has 0 spiro atoms. The average Bonchev–Trinajstić information content (AvgIpc) is 3.61. The summed E-state index contributed by atoms with van der Waals surface area (Å²) in [4.78, 5) is 26.8. The molecule has 0 fully saturated rings. The van der Waals surface area contributed by atoms with Gasteiger partial charge in [-0.3, -0.25) is 18.8 Å². The lowest BCUT2D eigenvalue weighted by molar-refractivity contribution is -0.120. The first-order valence-electron chi connectivity index (χ1n) is 12.8. The number of fused-ring (bicyclic) bond motifs is 1. The second kappa shape index (κ2) is 10.8. The Morgan fingerprint density at radius 2 is 2.00 bits per heavy atom. The van der Waals surface area contributed by atoms with Gasteiger partial charge >= 0.3 is 0 Å². The monoisotopic (exact) mass is 625 g/mol. The van der Waals surface area contributed by atoms with Crippen molar-refractivity contribution in [1.29, 1.82) is 0 Å². The normalized spacial score (nSPS) is 13.9. The van der Waals surface area contributed by atoms with Gasteiger partial charge in [-0.05, 0) is 61.4 Å². The smallest absolute Gasteiger partial charge is 0.269 e. The molecule has 4 aromatic rings. The standard InChI is InChI=1S/C30H29BrFN3O4S/c1-6-35-23(7-8-33-35)21-10-18(11-24-28(21)39-16-38-24)15-34-27(14-26(36)30(3,4)5)40-25(29(34)37)13-20-17(2)9-19(31)12-22(20)32/h7-14H,6,15-16H2,1-5H3/b25-13-,27-14-. The number of aromatic nitrogens is 3. The quantitative estimate of drug-likeness (QED) is 0.301. The van der Waals surface area contributed by atoms with Gasteiger partial charge in [-0.2, -0.15) is 5.10 Å². The van der Waals surface area contributed by atoms with Gasteiger partial charge in [-0.25, -0.2) is 4.39 Å². The summed E-state index contributed by atoms with van der Waals surface area (Å²) < 4.78 is 31.2. The maximum Gasteiger partial charge on any atom is 0.269 e. The molecule has 0 bridgehead atoms. The van der Waals surface area contributed by atoms with Crippen molar-refractivity contribution in [3.63, 3.8) is 0 Å². The van der Waals surface area contributed by atoms with Crippen molar-refractivity contribution in [2.24, 2.45) is 5.41 Å². The van der Waals surface area contributed by atoms with Gasteiger partial charge < -0.3 is 9.47 Å². The SMILES string of the molecule is CCn1nccc1-c1cc(Cn2c(=O)/c(=C/c3c(C)cc(Br)cc3F)s/c2=C\C(=O)C(C)(C)C)cc2c1OCO2. The number of hydrogen-bond donors (Lipinski definition) is 0. The molecule has 0 N–H and O–H groups in total. The largest absolute Gasteiger partial charge is 0.454 e. The van der Waals surface area contributed by atoms with Crippen molar-refractivity contribution in [3.05, 3.63) is 83.1 Å². The number of carbonyl (C=O) groups excluding carboxylic acids is 1. The van der Waals surface area contributed by atoms with Crippen LogP contribution in [-0.4, -0.2) is 26.9 Å². The molecule has 0 saturated heterocycles. The van der Waals surface area contributed by atoms with E-state index in [1.807, 2.05) is 50.6 Å². The fraction of sp³-hybridized carbons (Fsp3) is 0.300. The van der Waals surface area contributed by atoms with E-state index in [2.05, 4.69) is 21.0 Å². The number of ketones is 1. The lowest BCUT2D eigenvalue weighted by Gasteiger charge is -2.13. The summed E-state index contributed by atoms with van der Waals surface area (Å²) in [6.07, 6.45) is 4.80. The highest BCUT2D eigenvalue weighted by atomic mass is 79.9. The first-order chi connectivity index (χ1) is 19.0. The second-order valence-electron chi connectivity index (χ2n) is 10.6. The van der Waals surface area contributed by atoms with Crippen molar-refractivity contribution in [3.8, 4) is 22.8 Å². The van der Waals surface area contributed by atoms with E-state index in [1.54, 1.807) is 29.8 Å². The van der Waals surface area contributed by atoms with E-state index >= 15 is 0 Å². The molecule has 40 heavy (non-hydrogen) atoms. The van der Waals surface area contributed by atoms with Crippen LogP contribution in [0.15, 0.2) is 45.8 Å². The number of aryl methyl sites for hydroxylation is 2. The van der Waals surface area contributed by atoms with Crippen molar-refractivity contribution in [1.82, 2.24) is 14.3 Å². The van der Waals surface area contributed by atoms with Crippen LogP contribution in [0.2, 0.25) is 0 Å². The fourth-order valence-electron chi connectivity index (χ4n) is 4.49. The minimum atomic E-state index is -0.631. The Kier molecular flexibility index (Phi) is 7.58. The molecule has 7 nitrogen and oxygen atoms in total. The number of rotatable bonds is 6. The molecule has 1 aliphatic heterocycles. The molecule has 0 saturated carbocycles. The van der Waals surface area contributed by atoms with E-state index < -0.39 is 11.2 Å². The first kappa shape index (κ1) is 28.0. The topological polar surface area (TPSA) is 75.4 Å². The zero-order chi connectivity index (χ0) is 28.8. The predicted molar refractivity (Wildman–Crippen MR) is 158 cm³/mol. The van der Waals surface area contributed by atoms with Crippen LogP contribution >= 0.6 is 27.3 Å². The van der Waals surface area contributed by atoms with Gasteiger partial charge in [0.15, 0.2) is 17.3 Å². The summed E-state index contributed by atoms with van der Waals surface area (Å²) >= 11 is 4.48. The molecule has 3 heterocycles. The number of Topliss-reactive ketones (excluding diaryl/α,β-unsaturated/α-hetero) is 1. The van der Waals surface area contributed by atoms with E-state index in [1.165, 1.54) is 23.5 Å². The molecule has 2 aromatic carbocycles. The van der Waals surface area contributed by atoms with E-state index in [-0.39, 0.29) is 24.7 Å². The third-order valence-corrected chi connectivity index (χ3v) is 8.19. The molecule has 1 aliphatic rings. The maximum absolute atomic E-state index is 14.9. The third kappa shape index (κ3) is 5.42. The number of thiazole rings is 1. The highest BCUT2D eigenvalue weighted by molar-refractivity contribution is 9.10. The molecular weight excluding hydrogens is 597 g/mol. The lowest BCUT2D eigenvalue weighted by Crippen LogP contribution is -2.33. The molecule has 5 rings (SSSR count). The van der Waals surface area contributed by atoms with Gasteiger partial charge in [-0.15, -0.1) is 11.3 Å². The zero-order valence-electron chi connectivity index (χ0n) is 22.9. The highest BCUT2D eigenvalue weighted by Crippen LogP contribution is 2.42. The van der Waals surface area contributed by atoms with Crippen molar-refractivity contribution in [2.45, 2.75) is 47.7 Å². The maximum atomic E-state index is 14.9. The van der Waals surface area contributed by atoms with Crippen molar-refractivity contribution >= 4 is 45.2 Å². The molecule has 0 atom stereocenters. The second-order valence-corrected chi connectivity index (χ2v) is 12.6. The van der Waals surface area contributed by atoms with Crippen LogP contribution in [0.25, 0.3) is 23.4 Å². The minimum absolute atomic E-state index is 0.0980. The number of nitrogens with zero attached hydrogens (tertiary/aromatic N) is 3. The molecule has 0 amide bonds. The average molecular weight is 627 g/mol. The first-order valence-corrected chi connectivity index (χ1v) is 14.4. The Morgan fingerprint density at radius 1 is 1.23 bits per heavy atom. The van der Waals surface area contributed by atoms with Crippen LogP contribution in [0.3, 0.4) is 0 Å². The molecule has 10 heteroatoms. The molecule has 0 aliphatic carbocycles. The van der Waals surface area contributed by atoms with Gasteiger partial charge in [0.1, 0.15) is 10.5 Å². The van der Waals surface area contributed by atoms with Gasteiger partial charge in [0.25, 0.3) is 5.56 Å². The van der Waals surface area contributed by atoms with Crippen LogP contribution < -0.4 is 24.2 Å². The minimum Gasteiger partial charge on any atom is -0.454 e. The van der Waals surface area contributed by atoms with Crippen LogP contribution in [0, 0.1) is 18.2 Å². The summed E-state index contributed by atoms with van der Waals surface area (Å²) in [5.74, 6) is 0.658. The van der Waals surface area contributed by atoms with Gasteiger partial charge in [0.05, 0.1) is 16.8 Å². The molecule has 2 aromatic heterocycles. The molecular formula is C30H29BrFN3O4S. The number of carbonyl (C=O) groups is 1. The predicted octanol–water partition coefficient (Wildman–Crippen LogP) is 5.00. The van der Waals surface area contributed by atoms with E-state index in [0.717, 1.165) is 16.8 Å². The lowest BCUT2D eigenvalue weighted by atomic mass is 9.91. The zero-order valence-corrected chi connectivity index (χ0v) is 25.3. The van der Waals surface area contributed by atoms with E-state index in [4.69, 9.17) is 9.47 Å². The van der Waals surface area contributed by atoms with E-state index in [0.29, 0.717) is 42.8 Å². The Bertz CT molecular complexity index is 1790. The Hall–Kier alpha value is -3.50. The van der Waals surface area contributed by atoms with Gasteiger partial charge in [0, 0.05) is 39.8 Å². The summed E-state index contributed by atoms with van der Waals surface area (Å²) in [5.41, 5.74) is 2.55. The summed E-state index contributed by atoms with van der Waals surface area (Å²) in [7, 11) is 0. The van der Waals surface area contributed by atoms with Gasteiger partial charge in [0.2, 0.25) is 6.79 Å². The van der Waals surface area contributed by atoms with Crippen molar-refractivity contribution < 1.29 is 18.7 Å². The third-order valence-electron chi connectivity index (χ3n) is 6.67. The van der Waals surface area contributed by atoms with Crippen LogP contribution in [0.5, 0.6) is 11.5 Å². The van der Waals surface area contributed by atoms with Crippen molar-refractivity contribution in [2.75, 3.05) is 6.79 Å². The summed E-state index contributed by atoms with van der Waals surface area (Å²) in [5, 5.41) is 4.38. The number of halogens is 2. The van der Waals surface area contributed by atoms with Gasteiger partial charge in [-0.1, -0.05) is 36.7 Å². The molecule has 0 unspecified atom stereocenters. The molecule has 208 valence electrons. The van der Waals surface area contributed by atoms with Crippen LogP contribution in [0.1, 0.15) is 44.4 Å². The summed E-state index contributed by atoms with van der Waals surface area (Å²) in [6, 6.07) is 8.88. The fourth-order valence-corrected chi connectivity index (χ4v) is 6.06. The Labute approximate surface area is 243 Å². The number of benzene rings is 2. The summed E-state index contributed by atoms with van der Waals surface area (Å²) in [6.45, 7) is 10.2. The van der Waals surface area contributed by atoms with E-state index in [9.17, 15) is 14.0 Å². The highest BCUT2D eigenvalue weighted by Gasteiger charge is 2.24. The van der Waals surface area contributed by atoms with Crippen LogP contribution in [0.4, 0.5) is 4.39 Å². The molecule has 0 radical (unpaired) electrons. The Balaban J connectivity index is 1.69.